The number of aliphatic hydroxyl groups excluding tert-OH is 2. The number of pyridine rings is 2. The van der Waals surface area contributed by atoms with Gasteiger partial charge in [0.05, 0.1) is 65.8 Å². The van der Waals surface area contributed by atoms with Gasteiger partial charge in [0.25, 0.3) is 17.8 Å². The number of ketones is 2. The quantitative estimate of drug-likeness (QED) is 0.00330. The number of nitrogens with zero attached hydrogens (tertiary/aromatic N) is 8. The van der Waals surface area contributed by atoms with Gasteiger partial charge in [0.1, 0.15) is 70.1 Å². The summed E-state index contributed by atoms with van der Waals surface area (Å²) in [6.07, 6.45) is 3.47. The minimum atomic E-state index is -5.73. The highest BCUT2D eigenvalue weighted by Crippen LogP contribution is 2.68. The van der Waals surface area contributed by atoms with Gasteiger partial charge in [0, 0.05) is 133 Å². The van der Waals surface area contributed by atoms with Crippen LogP contribution < -0.4 is 26.5 Å². The Morgan fingerprint density at radius 3 is 1.61 bits per heavy atom. The molecule has 10 atom stereocenters. The molecule has 0 amide bonds. The summed E-state index contributed by atoms with van der Waals surface area (Å²) < 4.78 is 118. The van der Waals surface area contributed by atoms with Crippen LogP contribution in [0.15, 0.2) is 143 Å². The number of Topliss-reactive ketones (excluding diaryl/α,β-unsaturated/α-hetero) is 2. The predicted molar refractivity (Wildman–Crippen MR) is 433 cm³/mol. The fraction of sp³-hybridized carbons (Fsp3) is 0.306. The molecule has 0 saturated carbocycles. The van der Waals surface area contributed by atoms with E-state index in [0.717, 1.165) is 36.6 Å². The lowest BCUT2D eigenvalue weighted by molar-refractivity contribution is -0.385. The molecule has 15 N–H and O–H groups in total. The first-order valence-electron chi connectivity index (χ1n) is 36.5. The van der Waals surface area contributed by atoms with Crippen molar-refractivity contribution in [3.05, 3.63) is 187 Å². The van der Waals surface area contributed by atoms with E-state index in [1.165, 1.54) is 64.5 Å². The van der Waals surface area contributed by atoms with Crippen LogP contribution in [0.4, 0.5) is 22.7 Å². The molecule has 52 heteroatoms. The third-order valence-corrected chi connectivity index (χ3v) is 25.5. The van der Waals surface area contributed by atoms with Crippen LogP contribution in [0.25, 0.3) is 55.7 Å². The zero-order valence-corrected chi connectivity index (χ0v) is 69.8. The average Bonchev–Trinajstić information content (AvgIpc) is 1.06. The number of aliphatic hydroxyl groups is 2. The fourth-order valence-corrected chi connectivity index (χ4v) is 18.6. The number of rotatable bonds is 36. The Balaban J connectivity index is 0.000000207. The van der Waals surface area contributed by atoms with Crippen molar-refractivity contribution in [1.29, 1.82) is 0 Å². The molecule has 660 valence electrons. The number of fused-ring (bicyclic) bond motifs is 4. The summed E-state index contributed by atoms with van der Waals surface area (Å²) in [5.41, 5.74) is 11.2. The van der Waals surface area contributed by atoms with Crippen LogP contribution in [-0.4, -0.2) is 156 Å². The van der Waals surface area contributed by atoms with E-state index in [-0.39, 0.29) is 78.7 Å². The first-order chi connectivity index (χ1) is 58.6. The minimum Gasteiger partial charge on any atom is -0.508 e. The summed E-state index contributed by atoms with van der Waals surface area (Å²) in [6.45, 7) is 0.402. The van der Waals surface area contributed by atoms with Gasteiger partial charge >= 0.3 is 46.9 Å². The number of phosphoric ester groups is 2. The zero-order valence-electron chi connectivity index (χ0n) is 64.4. The number of nitrogens with two attached hydrogens (primary N) is 1. The van der Waals surface area contributed by atoms with Gasteiger partial charge in [-0.15, -0.1) is 0 Å². The number of ether oxygens (including phenoxy) is 3. The SMILES string of the molecule is CC(=O)CCCCCCC(=O)CCC#Cc1ccc(CNc2ccnc3c2ncn3[C@H]2CC(O)[C@@H](COP(=O)(O)OP(=O)(O)OP(=O)(O)O)O2)c([N+](=O)[O-])c1.NCC#Cc1ccc(CNc2ccnc3c2ncn3[C@H]2CC(O)[C@@H](COP(=O)(O)OP(=O)(O)OP(=O)(O)O)O2)c([N+](=O)[O-])c1.O=COc1ccccc1-c1c2ccc(=O)cc-2oc2cc(O)ccc12. The molecular formula is C72H77N11O35P6. The summed E-state index contributed by atoms with van der Waals surface area (Å²) in [4.78, 5) is 158. The first kappa shape index (κ1) is 95.8. The van der Waals surface area contributed by atoms with Gasteiger partial charge in [0.2, 0.25) is 0 Å². The maximum Gasteiger partial charge on any atom is 0.490 e. The highest BCUT2D eigenvalue weighted by atomic mass is 31.3. The third kappa shape index (κ3) is 27.3. The lowest BCUT2D eigenvalue weighted by Crippen LogP contribution is -2.26. The Labute approximate surface area is 699 Å². The van der Waals surface area contributed by atoms with Crippen molar-refractivity contribution in [3.8, 4) is 57.6 Å². The summed E-state index contributed by atoms with van der Waals surface area (Å²) in [6, 6.07) is 28.7. The molecule has 4 aliphatic rings. The zero-order chi connectivity index (χ0) is 90.1. The number of nitro groups is 2. The summed E-state index contributed by atoms with van der Waals surface area (Å²) in [5, 5.41) is 61.2. The number of hydrogen-bond acceptors (Lipinski definition) is 34. The molecule has 0 radical (unpaired) electrons. The number of unbranched alkanes of at least 4 members (excludes halogenated alkanes) is 3. The number of hydrogen-bond donors (Lipinski definition) is 14. The molecule has 0 spiro atoms. The number of anilines is 2. The molecule has 6 unspecified atom stereocenters. The largest absolute Gasteiger partial charge is 0.508 e. The van der Waals surface area contributed by atoms with Crippen molar-refractivity contribution in [2.45, 2.75) is 121 Å². The molecule has 1 aliphatic carbocycles. The fourth-order valence-electron chi connectivity index (χ4n) is 12.6. The van der Waals surface area contributed by atoms with E-state index >= 15 is 0 Å². The molecule has 2 saturated heterocycles. The molecule has 4 aromatic heterocycles. The Kier molecular flexibility index (Phi) is 32.5. The first-order valence-corrected chi connectivity index (χ1v) is 45.6. The molecule has 12 rings (SSSR count). The second-order valence-electron chi connectivity index (χ2n) is 26.9. The number of nitrogens with one attached hydrogen (secondary N) is 2. The van der Waals surface area contributed by atoms with Crippen LogP contribution in [0, 0.1) is 43.9 Å². The third-order valence-electron chi connectivity index (χ3n) is 17.9. The van der Waals surface area contributed by atoms with E-state index in [1.54, 1.807) is 73.7 Å². The van der Waals surface area contributed by atoms with Crippen molar-refractivity contribution in [3.63, 3.8) is 0 Å². The number of benzene rings is 5. The van der Waals surface area contributed by atoms with Crippen LogP contribution in [0.5, 0.6) is 11.5 Å². The number of carbonyl (C=O) groups excluding carboxylic acids is 3. The van der Waals surface area contributed by atoms with Crippen LogP contribution >= 0.6 is 46.9 Å². The number of phosphoric acid groups is 6. The Morgan fingerprint density at radius 2 is 1.12 bits per heavy atom. The van der Waals surface area contributed by atoms with E-state index in [2.05, 4.69) is 80.5 Å². The predicted octanol–water partition coefficient (Wildman–Crippen LogP) is 9.63. The highest BCUT2D eigenvalue weighted by molar-refractivity contribution is 7.67. The van der Waals surface area contributed by atoms with Gasteiger partial charge in [-0.25, -0.2) is 47.3 Å². The van der Waals surface area contributed by atoms with E-state index in [1.807, 2.05) is 12.1 Å². The maximum absolute atomic E-state index is 12.2. The molecule has 0 bridgehead atoms. The van der Waals surface area contributed by atoms with Gasteiger partial charge in [-0.2, -0.15) is 17.2 Å². The number of phenolic OH excluding ortho intramolecular Hbond substituents is 1. The van der Waals surface area contributed by atoms with Gasteiger partial charge in [-0.3, -0.25) is 52.8 Å². The Bertz CT molecular complexity index is 6100. The normalized spacial score (nSPS) is 18.3. The lowest BCUT2D eigenvalue weighted by Gasteiger charge is -2.19. The smallest absolute Gasteiger partial charge is 0.490 e. The van der Waals surface area contributed by atoms with Crippen molar-refractivity contribution in [2.75, 3.05) is 30.4 Å². The summed E-state index contributed by atoms with van der Waals surface area (Å²) >= 11 is 0. The minimum absolute atomic E-state index is 0.0144. The van der Waals surface area contributed by atoms with Gasteiger partial charge in [-0.1, -0.05) is 54.7 Å². The topological polar surface area (TPSA) is 687 Å². The van der Waals surface area contributed by atoms with Crippen LogP contribution in [0.2, 0.25) is 0 Å². The monoisotopic (exact) mass is 1840 g/mol. The van der Waals surface area contributed by atoms with E-state index in [0.29, 0.717) is 104 Å². The van der Waals surface area contributed by atoms with Crippen LogP contribution in [0.1, 0.15) is 106 Å². The Hall–Kier alpha value is -10.4. The standard InChI is InChI=1S/C31H40N5O16P3.C21H25N6O14P3.C20H12O5/c1-21(37)8-4-2-3-5-10-24(38)11-7-6-9-22-12-13-23(26(16-22)36(40)41)18-33-25-14-15-32-31-30(25)34-20-35(31)29-17-27(39)28(50-29)19-49-54(45,46)52-55(47,48)51-53(42,43)44;22-6-1-2-13-3-4-14(16(8-13)27(29)30)10-24-15-5-7-23-21-20(15)25-12-26(21)19-9-17(28)18(39-19)11-38-43(34,35)41-44(36,37)40-42(31,32)33;21-11-24-17-4-2-1-3-14(17)20-15-7-5-12(22)9-18(15)25-19-10-13(23)6-8-16(19)20/h12-16,20,27-29,39H,2-5,7-8,10-11,17-19H2,1H3,(H,32,33)(H,45,46)(H,47,48)(H2,42,43,44);3-5,7-8,12,17-19,28H,6,9-11,22H2,(H,23,24)(H,34,35)(H,36,37)(H2,31,32,33);1-11,22H/t27?,28-,29-;17?,18-,19-;/m11./s1. The number of carbonyl (C=O) groups is 3. The van der Waals surface area contributed by atoms with Gasteiger partial charge < -0.3 is 94.3 Å². The van der Waals surface area contributed by atoms with E-state index < -0.39 is 107 Å². The number of phenols is 1. The van der Waals surface area contributed by atoms with Crippen molar-refractivity contribution in [2.24, 2.45) is 5.73 Å². The molecular weight excluding hydrogens is 1760 g/mol. The Morgan fingerprint density at radius 1 is 0.613 bits per heavy atom. The molecule has 46 nitrogen and oxygen atoms in total. The molecule has 124 heavy (non-hydrogen) atoms. The second-order valence-corrected chi connectivity index (χ2v) is 35.7. The maximum atomic E-state index is 12.2. The molecule has 2 fully saturated rings. The molecule has 3 aliphatic heterocycles. The average molecular weight is 1840 g/mol. The number of imidazole rings is 2. The van der Waals surface area contributed by atoms with E-state index in [4.69, 9.17) is 43.9 Å². The van der Waals surface area contributed by atoms with Crippen molar-refractivity contribution in [1.82, 2.24) is 29.1 Å². The summed E-state index contributed by atoms with van der Waals surface area (Å²) in [7, 11) is -33.4. The second kappa shape index (κ2) is 42.0. The number of aromatic hydroxyl groups is 1. The van der Waals surface area contributed by atoms with Gasteiger partial charge in [-0.05, 0) is 86.5 Å². The van der Waals surface area contributed by atoms with Crippen molar-refractivity contribution < 1.29 is 151 Å². The number of para-hydroxylation sites is 1. The molecule has 4 aromatic carbocycles. The highest BCUT2D eigenvalue weighted by Gasteiger charge is 2.45. The number of aromatic nitrogens is 6. The lowest BCUT2D eigenvalue weighted by atomic mass is 9.93. The molecule has 7 heterocycles. The van der Waals surface area contributed by atoms with Crippen LogP contribution in [0.3, 0.4) is 0 Å². The van der Waals surface area contributed by atoms with Crippen LogP contribution in [-0.2, 0) is 90.6 Å². The molecule has 8 aromatic rings. The summed E-state index contributed by atoms with van der Waals surface area (Å²) in [5.74, 6) is 12.3. The van der Waals surface area contributed by atoms with Gasteiger partial charge in [0.15, 0.2) is 16.7 Å². The van der Waals surface area contributed by atoms with Crippen molar-refractivity contribution >= 4 is 121 Å². The van der Waals surface area contributed by atoms with E-state index in [9.17, 15) is 102 Å². The number of nitro benzene ring substituents is 2.